The monoisotopic (exact) mass is 324 g/mol. The van der Waals surface area contributed by atoms with E-state index in [0.29, 0.717) is 10.5 Å². The highest BCUT2D eigenvalue weighted by Crippen LogP contribution is 2.36. The molecule has 1 nitrogen and oxygen atoms in total. The van der Waals surface area contributed by atoms with Gasteiger partial charge in [0.15, 0.2) is 0 Å². The number of hydrogen-bond donors (Lipinski definition) is 1. The van der Waals surface area contributed by atoms with Crippen LogP contribution in [0.25, 0.3) is 0 Å². The van der Waals surface area contributed by atoms with Gasteiger partial charge in [-0.25, -0.2) is 0 Å². The van der Waals surface area contributed by atoms with Crippen LogP contribution in [0.4, 0.5) is 0 Å². The fourth-order valence-electron chi connectivity index (χ4n) is 2.79. The topological polar surface area (TPSA) is 20.2 Å². The Morgan fingerprint density at radius 2 is 1.76 bits per heavy atom. The first-order valence-electron chi connectivity index (χ1n) is 7.92. The average molecular weight is 325 g/mol. The van der Waals surface area contributed by atoms with Crippen molar-refractivity contribution in [3.63, 3.8) is 0 Å². The molecule has 1 N–H and O–H groups in total. The van der Waals surface area contributed by atoms with E-state index in [1.165, 1.54) is 22.6 Å². The van der Waals surface area contributed by atoms with Gasteiger partial charge in [0.25, 0.3) is 0 Å². The third-order valence-corrected chi connectivity index (χ3v) is 7.53. The summed E-state index contributed by atoms with van der Waals surface area (Å²) in [5.74, 6) is 2.40. The van der Waals surface area contributed by atoms with Gasteiger partial charge in [0, 0.05) is 22.0 Å². The predicted molar refractivity (Wildman–Crippen MR) is 97.6 cm³/mol. The molecule has 118 valence electrons. The Labute approximate surface area is 138 Å². The minimum Gasteiger partial charge on any atom is -0.392 e. The van der Waals surface area contributed by atoms with Crippen LogP contribution in [-0.2, 0) is 11.8 Å². The summed E-state index contributed by atoms with van der Waals surface area (Å²) in [6.07, 6.45) is 1.70. The fourth-order valence-corrected chi connectivity index (χ4v) is 5.94. The summed E-state index contributed by atoms with van der Waals surface area (Å²) in [5.41, 5.74) is 2.80. The van der Waals surface area contributed by atoms with E-state index in [1.807, 2.05) is 23.5 Å². The Balaban J connectivity index is 2.00. The van der Waals surface area contributed by atoms with E-state index in [9.17, 15) is 5.11 Å². The Morgan fingerprint density at radius 3 is 2.33 bits per heavy atom. The first kappa shape index (κ1) is 17.2. The van der Waals surface area contributed by atoms with Crippen LogP contribution in [0.2, 0.25) is 0 Å². The zero-order valence-corrected chi connectivity index (χ0v) is 15.3. The summed E-state index contributed by atoms with van der Waals surface area (Å²) in [6.45, 7) is 8.94. The van der Waals surface area contributed by atoms with Crippen molar-refractivity contribution < 1.29 is 5.11 Å². The van der Waals surface area contributed by atoms with Gasteiger partial charge >= 0.3 is 0 Å². The third kappa shape index (κ3) is 4.67. The van der Waals surface area contributed by atoms with Crippen molar-refractivity contribution in [3.8, 4) is 0 Å². The molecule has 0 radical (unpaired) electrons. The van der Waals surface area contributed by atoms with Gasteiger partial charge in [0.1, 0.15) is 0 Å². The van der Waals surface area contributed by atoms with Crippen molar-refractivity contribution in [3.05, 3.63) is 35.4 Å². The summed E-state index contributed by atoms with van der Waals surface area (Å²) in [4.78, 5) is 0. The van der Waals surface area contributed by atoms with E-state index in [2.05, 4.69) is 52.0 Å². The molecule has 1 heterocycles. The van der Waals surface area contributed by atoms with Crippen molar-refractivity contribution >= 4 is 23.5 Å². The van der Waals surface area contributed by atoms with Crippen LogP contribution in [0.5, 0.6) is 0 Å². The lowest BCUT2D eigenvalue weighted by Crippen LogP contribution is -2.37. The fraction of sp³-hybridized carbons (Fsp3) is 0.667. The van der Waals surface area contributed by atoms with Crippen LogP contribution in [0, 0.1) is 0 Å². The van der Waals surface area contributed by atoms with E-state index in [1.54, 1.807) is 0 Å². The highest BCUT2D eigenvalue weighted by molar-refractivity contribution is 8.07. The van der Waals surface area contributed by atoms with Gasteiger partial charge in [-0.1, -0.05) is 52.0 Å². The van der Waals surface area contributed by atoms with Gasteiger partial charge in [-0.3, -0.25) is 0 Å². The molecule has 2 rings (SSSR count). The highest BCUT2D eigenvalue weighted by Gasteiger charge is 2.30. The van der Waals surface area contributed by atoms with Gasteiger partial charge in [-0.05, 0) is 29.4 Å². The zero-order valence-electron chi connectivity index (χ0n) is 13.6. The number of benzene rings is 1. The lowest BCUT2D eigenvalue weighted by Gasteiger charge is -2.33. The van der Waals surface area contributed by atoms with Crippen molar-refractivity contribution in [1.29, 1.82) is 0 Å². The highest BCUT2D eigenvalue weighted by atomic mass is 32.2. The normalized spacial score (nSPS) is 24.8. The van der Waals surface area contributed by atoms with Crippen LogP contribution in [0.1, 0.15) is 45.2 Å². The van der Waals surface area contributed by atoms with Crippen LogP contribution in [-0.4, -0.2) is 33.2 Å². The predicted octanol–water partition coefficient (Wildman–Crippen LogP) is 4.51. The van der Waals surface area contributed by atoms with E-state index in [4.69, 9.17) is 0 Å². The Hall–Kier alpha value is -0.120. The molecule has 1 aromatic carbocycles. The molecule has 1 saturated heterocycles. The third-order valence-electron chi connectivity index (χ3n) is 4.14. The van der Waals surface area contributed by atoms with Crippen LogP contribution >= 0.6 is 23.5 Å². The molecule has 3 heteroatoms. The second-order valence-electron chi connectivity index (χ2n) is 6.87. The standard InChI is InChI=1S/C18H28OS2/c1-5-16-17(21-11-10-20-16)15(19)12-13-6-8-14(9-7-13)18(2,3)4/h6-9,15-17,19H,5,10-12H2,1-4H3. The summed E-state index contributed by atoms with van der Waals surface area (Å²) >= 11 is 3.99. The molecule has 3 atom stereocenters. The van der Waals surface area contributed by atoms with Crippen LogP contribution < -0.4 is 0 Å². The van der Waals surface area contributed by atoms with Gasteiger partial charge in [0.2, 0.25) is 0 Å². The number of aliphatic hydroxyl groups is 1. The van der Waals surface area contributed by atoms with Gasteiger partial charge in [0.05, 0.1) is 6.10 Å². The smallest absolute Gasteiger partial charge is 0.0709 e. The SMILES string of the molecule is CCC1SCCSC1C(O)Cc1ccc(C(C)(C)C)cc1. The lowest BCUT2D eigenvalue weighted by atomic mass is 9.86. The zero-order chi connectivity index (χ0) is 15.5. The van der Waals surface area contributed by atoms with E-state index in [0.717, 1.165) is 12.8 Å². The first-order chi connectivity index (χ1) is 9.91. The van der Waals surface area contributed by atoms with Crippen molar-refractivity contribution in [2.45, 2.75) is 62.6 Å². The molecule has 1 aromatic rings. The molecule has 1 aliphatic heterocycles. The second kappa shape index (κ2) is 7.43. The quantitative estimate of drug-likeness (QED) is 0.879. The molecular weight excluding hydrogens is 296 g/mol. The molecule has 0 aromatic heterocycles. The molecule has 1 aliphatic rings. The van der Waals surface area contributed by atoms with Crippen molar-refractivity contribution in [2.24, 2.45) is 0 Å². The molecule has 0 amide bonds. The molecule has 1 fully saturated rings. The number of thioether (sulfide) groups is 2. The van der Waals surface area contributed by atoms with Crippen molar-refractivity contribution in [1.82, 2.24) is 0 Å². The van der Waals surface area contributed by atoms with Crippen molar-refractivity contribution in [2.75, 3.05) is 11.5 Å². The maximum absolute atomic E-state index is 10.6. The Morgan fingerprint density at radius 1 is 1.14 bits per heavy atom. The molecule has 0 aliphatic carbocycles. The van der Waals surface area contributed by atoms with Gasteiger partial charge in [-0.15, -0.1) is 0 Å². The van der Waals surface area contributed by atoms with Gasteiger partial charge < -0.3 is 5.11 Å². The van der Waals surface area contributed by atoms with Crippen LogP contribution in [0.15, 0.2) is 24.3 Å². The molecular formula is C18H28OS2. The molecule has 21 heavy (non-hydrogen) atoms. The van der Waals surface area contributed by atoms with E-state index < -0.39 is 0 Å². The van der Waals surface area contributed by atoms with E-state index in [-0.39, 0.29) is 11.5 Å². The summed E-state index contributed by atoms with van der Waals surface area (Å²) < 4.78 is 0. The average Bonchev–Trinajstić information content (AvgIpc) is 2.46. The maximum Gasteiger partial charge on any atom is 0.0709 e. The first-order valence-corrected chi connectivity index (χ1v) is 10.0. The summed E-state index contributed by atoms with van der Waals surface area (Å²) in [5, 5.41) is 11.6. The molecule has 0 bridgehead atoms. The minimum absolute atomic E-state index is 0.195. The number of hydrogen-bond acceptors (Lipinski definition) is 3. The molecule has 3 unspecified atom stereocenters. The summed E-state index contributed by atoms with van der Waals surface area (Å²) in [7, 11) is 0. The number of aliphatic hydroxyl groups excluding tert-OH is 1. The second-order valence-corrected chi connectivity index (χ2v) is 9.50. The van der Waals surface area contributed by atoms with Gasteiger partial charge in [-0.2, -0.15) is 23.5 Å². The van der Waals surface area contributed by atoms with E-state index >= 15 is 0 Å². The molecule has 0 saturated carbocycles. The Bertz CT molecular complexity index is 436. The minimum atomic E-state index is -0.228. The largest absolute Gasteiger partial charge is 0.392 e. The Kier molecular flexibility index (Phi) is 6.10. The maximum atomic E-state index is 10.6. The summed E-state index contributed by atoms with van der Waals surface area (Å²) in [6, 6.07) is 8.79. The molecule has 0 spiro atoms. The van der Waals surface area contributed by atoms with Crippen LogP contribution in [0.3, 0.4) is 0 Å². The number of rotatable bonds is 4. The lowest BCUT2D eigenvalue weighted by molar-refractivity contribution is 0.169.